The maximum absolute atomic E-state index is 5.47. The Kier molecular flexibility index (Phi) is 5.40. The van der Waals surface area contributed by atoms with Gasteiger partial charge in [0.2, 0.25) is 0 Å². The summed E-state index contributed by atoms with van der Waals surface area (Å²) in [6, 6.07) is 0.616. The van der Waals surface area contributed by atoms with Gasteiger partial charge in [0.25, 0.3) is 0 Å². The van der Waals surface area contributed by atoms with E-state index in [0.717, 1.165) is 6.54 Å². The largest absolute Gasteiger partial charge is 0.380 e. The molecule has 2 heteroatoms. The van der Waals surface area contributed by atoms with E-state index in [4.69, 9.17) is 4.74 Å². The van der Waals surface area contributed by atoms with Crippen LogP contribution < -0.4 is 5.32 Å². The highest BCUT2D eigenvalue weighted by Gasteiger charge is 2.23. The van der Waals surface area contributed by atoms with Gasteiger partial charge in [-0.1, -0.05) is 26.2 Å². The van der Waals surface area contributed by atoms with Crippen molar-refractivity contribution in [1.82, 2.24) is 5.32 Å². The third-order valence-corrected chi connectivity index (χ3v) is 2.94. The average molecular weight is 185 g/mol. The quantitative estimate of drug-likeness (QED) is 0.664. The molecule has 78 valence electrons. The van der Waals surface area contributed by atoms with E-state index >= 15 is 0 Å². The molecule has 1 N–H and O–H groups in total. The summed E-state index contributed by atoms with van der Waals surface area (Å²) in [7, 11) is 1.84. The van der Waals surface area contributed by atoms with Crippen LogP contribution in [0.2, 0.25) is 0 Å². The average Bonchev–Trinajstić information content (AvgIpc) is 2.19. The Balaban J connectivity index is 2.19. The highest BCUT2D eigenvalue weighted by molar-refractivity contribution is 4.81. The normalized spacial score (nSPS) is 29.1. The zero-order valence-corrected chi connectivity index (χ0v) is 9.01. The Hall–Kier alpha value is -0.0800. The molecular formula is C11H23NO. The summed E-state index contributed by atoms with van der Waals surface area (Å²) in [5.74, 6) is 0. The number of unbranched alkanes of at least 4 members (excludes halogenated alkanes) is 1. The molecule has 1 rings (SSSR count). The van der Waals surface area contributed by atoms with Crippen molar-refractivity contribution in [2.45, 2.75) is 57.6 Å². The Morgan fingerprint density at radius 1 is 1.31 bits per heavy atom. The zero-order valence-electron chi connectivity index (χ0n) is 9.01. The highest BCUT2D eigenvalue weighted by atomic mass is 16.5. The summed E-state index contributed by atoms with van der Waals surface area (Å²) in [5.41, 5.74) is 0. The Labute approximate surface area is 82.0 Å². The van der Waals surface area contributed by atoms with Crippen molar-refractivity contribution in [2.75, 3.05) is 13.7 Å². The zero-order chi connectivity index (χ0) is 9.52. The molecule has 1 fully saturated rings. The molecule has 0 aromatic heterocycles. The summed E-state index contributed by atoms with van der Waals surface area (Å²) in [4.78, 5) is 0. The molecule has 0 unspecified atom stereocenters. The fourth-order valence-corrected chi connectivity index (χ4v) is 2.08. The molecule has 0 heterocycles. The van der Waals surface area contributed by atoms with Crippen molar-refractivity contribution in [3.05, 3.63) is 0 Å². The monoisotopic (exact) mass is 185 g/mol. The van der Waals surface area contributed by atoms with Gasteiger partial charge in [0.1, 0.15) is 0 Å². The highest BCUT2D eigenvalue weighted by Crippen LogP contribution is 2.20. The summed E-state index contributed by atoms with van der Waals surface area (Å²) < 4.78 is 5.47. The molecule has 0 aromatic rings. The van der Waals surface area contributed by atoms with Crippen LogP contribution in [-0.2, 0) is 4.74 Å². The minimum atomic E-state index is 0.464. The second-order valence-corrected chi connectivity index (χ2v) is 3.97. The van der Waals surface area contributed by atoms with Gasteiger partial charge in [0.15, 0.2) is 0 Å². The van der Waals surface area contributed by atoms with E-state index in [1.165, 1.54) is 38.5 Å². The van der Waals surface area contributed by atoms with Crippen LogP contribution in [0.15, 0.2) is 0 Å². The van der Waals surface area contributed by atoms with Crippen molar-refractivity contribution >= 4 is 0 Å². The minimum absolute atomic E-state index is 0.464. The smallest absolute Gasteiger partial charge is 0.0724 e. The third-order valence-electron chi connectivity index (χ3n) is 2.94. The van der Waals surface area contributed by atoms with Gasteiger partial charge in [0, 0.05) is 13.2 Å². The molecule has 0 spiro atoms. The molecule has 0 saturated heterocycles. The first kappa shape index (κ1) is 11.0. The van der Waals surface area contributed by atoms with E-state index in [1.807, 2.05) is 7.11 Å². The molecule has 1 saturated carbocycles. The van der Waals surface area contributed by atoms with Crippen LogP contribution >= 0.6 is 0 Å². The number of ether oxygens (including phenoxy) is 1. The van der Waals surface area contributed by atoms with Crippen LogP contribution in [-0.4, -0.2) is 25.8 Å². The molecular weight excluding hydrogens is 162 g/mol. The van der Waals surface area contributed by atoms with Crippen molar-refractivity contribution in [2.24, 2.45) is 0 Å². The van der Waals surface area contributed by atoms with Crippen LogP contribution in [0.4, 0.5) is 0 Å². The van der Waals surface area contributed by atoms with E-state index in [9.17, 15) is 0 Å². The predicted molar refractivity (Wildman–Crippen MR) is 56.0 cm³/mol. The fraction of sp³-hybridized carbons (Fsp3) is 1.00. The molecule has 1 aliphatic carbocycles. The van der Waals surface area contributed by atoms with Gasteiger partial charge in [-0.3, -0.25) is 0 Å². The molecule has 1 aliphatic rings. The van der Waals surface area contributed by atoms with E-state index in [-0.39, 0.29) is 0 Å². The van der Waals surface area contributed by atoms with Gasteiger partial charge in [0.05, 0.1) is 6.10 Å². The van der Waals surface area contributed by atoms with E-state index in [1.54, 1.807) is 0 Å². The van der Waals surface area contributed by atoms with Crippen LogP contribution in [0.3, 0.4) is 0 Å². The second kappa shape index (κ2) is 6.39. The standard InChI is InChI=1S/C11H23NO/c1-3-4-9-12-10-7-5-6-8-11(10)13-2/h10-12H,3-9H2,1-2H3/t10-,11-/m1/s1. The van der Waals surface area contributed by atoms with Gasteiger partial charge in [-0.2, -0.15) is 0 Å². The van der Waals surface area contributed by atoms with Gasteiger partial charge in [-0.05, 0) is 25.8 Å². The summed E-state index contributed by atoms with van der Waals surface area (Å²) in [6.45, 7) is 3.39. The number of hydrogen-bond donors (Lipinski definition) is 1. The molecule has 0 aliphatic heterocycles. The number of nitrogens with one attached hydrogen (secondary N) is 1. The van der Waals surface area contributed by atoms with Gasteiger partial charge in [-0.15, -0.1) is 0 Å². The van der Waals surface area contributed by atoms with Gasteiger partial charge < -0.3 is 10.1 Å². The number of methoxy groups -OCH3 is 1. The fourth-order valence-electron chi connectivity index (χ4n) is 2.08. The maximum atomic E-state index is 5.47. The molecule has 0 radical (unpaired) electrons. The second-order valence-electron chi connectivity index (χ2n) is 3.97. The molecule has 2 nitrogen and oxygen atoms in total. The van der Waals surface area contributed by atoms with Crippen molar-refractivity contribution in [3.8, 4) is 0 Å². The summed E-state index contributed by atoms with van der Waals surface area (Å²) >= 11 is 0. The lowest BCUT2D eigenvalue weighted by Crippen LogP contribution is -2.43. The number of hydrogen-bond acceptors (Lipinski definition) is 2. The Morgan fingerprint density at radius 2 is 2.08 bits per heavy atom. The van der Waals surface area contributed by atoms with Gasteiger partial charge >= 0.3 is 0 Å². The third kappa shape index (κ3) is 3.65. The van der Waals surface area contributed by atoms with E-state index in [2.05, 4.69) is 12.2 Å². The molecule has 2 atom stereocenters. The molecule has 13 heavy (non-hydrogen) atoms. The van der Waals surface area contributed by atoms with Crippen LogP contribution in [0, 0.1) is 0 Å². The Morgan fingerprint density at radius 3 is 2.77 bits per heavy atom. The van der Waals surface area contributed by atoms with Gasteiger partial charge in [-0.25, -0.2) is 0 Å². The summed E-state index contributed by atoms with van der Waals surface area (Å²) in [6.07, 6.45) is 8.26. The van der Waals surface area contributed by atoms with Crippen LogP contribution in [0.25, 0.3) is 0 Å². The molecule has 0 amide bonds. The van der Waals surface area contributed by atoms with Crippen molar-refractivity contribution in [3.63, 3.8) is 0 Å². The predicted octanol–water partition coefficient (Wildman–Crippen LogP) is 2.33. The lowest BCUT2D eigenvalue weighted by molar-refractivity contribution is 0.0419. The van der Waals surface area contributed by atoms with E-state index in [0.29, 0.717) is 12.1 Å². The first-order valence-corrected chi connectivity index (χ1v) is 5.64. The van der Waals surface area contributed by atoms with E-state index < -0.39 is 0 Å². The van der Waals surface area contributed by atoms with Crippen LogP contribution in [0.1, 0.15) is 45.4 Å². The van der Waals surface area contributed by atoms with Crippen molar-refractivity contribution < 1.29 is 4.74 Å². The number of rotatable bonds is 5. The SMILES string of the molecule is CCCCN[C@@H]1CCCC[C@H]1OC. The Bertz CT molecular complexity index is 127. The molecule has 0 aromatic carbocycles. The lowest BCUT2D eigenvalue weighted by Gasteiger charge is -2.31. The summed E-state index contributed by atoms with van der Waals surface area (Å²) in [5, 5.41) is 3.60. The van der Waals surface area contributed by atoms with Crippen LogP contribution in [0.5, 0.6) is 0 Å². The molecule has 0 bridgehead atoms. The topological polar surface area (TPSA) is 21.3 Å². The minimum Gasteiger partial charge on any atom is -0.380 e. The maximum Gasteiger partial charge on any atom is 0.0724 e. The lowest BCUT2D eigenvalue weighted by atomic mass is 9.92. The first-order valence-electron chi connectivity index (χ1n) is 5.64. The van der Waals surface area contributed by atoms with Crippen molar-refractivity contribution in [1.29, 1.82) is 0 Å². The first-order chi connectivity index (χ1) is 6.38.